The topological polar surface area (TPSA) is 15.3 Å². The lowest BCUT2D eigenvalue weighted by Crippen LogP contribution is -2.43. The number of nitrogens with zero attached hydrogens (tertiary/aromatic N) is 1. The quantitative estimate of drug-likeness (QED) is 0.728. The van der Waals surface area contributed by atoms with E-state index in [9.17, 15) is 0 Å². The van der Waals surface area contributed by atoms with E-state index in [2.05, 4.69) is 37.9 Å². The standard InChI is InChI=1S/C13H28N2/c1-5-13(11(3)4)14-10-12-8-7-9-15(12)6-2/h11-14H,5-10H2,1-4H3/t12-,13+/m1/s1. The van der Waals surface area contributed by atoms with Crippen molar-refractivity contribution in [2.24, 2.45) is 5.92 Å². The Morgan fingerprint density at radius 1 is 1.33 bits per heavy atom. The predicted molar refractivity (Wildman–Crippen MR) is 67.2 cm³/mol. The van der Waals surface area contributed by atoms with Crippen LogP contribution < -0.4 is 5.32 Å². The zero-order valence-electron chi connectivity index (χ0n) is 10.9. The van der Waals surface area contributed by atoms with Gasteiger partial charge in [0.2, 0.25) is 0 Å². The summed E-state index contributed by atoms with van der Waals surface area (Å²) in [6.45, 7) is 12.9. The molecule has 15 heavy (non-hydrogen) atoms. The Morgan fingerprint density at radius 2 is 2.07 bits per heavy atom. The molecule has 1 fully saturated rings. The van der Waals surface area contributed by atoms with Crippen LogP contribution in [0.5, 0.6) is 0 Å². The molecule has 1 heterocycles. The molecule has 0 bridgehead atoms. The van der Waals surface area contributed by atoms with Gasteiger partial charge in [-0.2, -0.15) is 0 Å². The molecular weight excluding hydrogens is 184 g/mol. The highest BCUT2D eigenvalue weighted by Gasteiger charge is 2.23. The predicted octanol–water partition coefficient (Wildman–Crippen LogP) is 2.49. The second-order valence-corrected chi connectivity index (χ2v) is 5.09. The minimum Gasteiger partial charge on any atom is -0.312 e. The van der Waals surface area contributed by atoms with Crippen LogP contribution in [-0.4, -0.2) is 36.6 Å². The van der Waals surface area contributed by atoms with Crippen LogP contribution >= 0.6 is 0 Å². The summed E-state index contributed by atoms with van der Waals surface area (Å²) in [5.74, 6) is 0.756. The van der Waals surface area contributed by atoms with E-state index in [-0.39, 0.29) is 0 Å². The van der Waals surface area contributed by atoms with Gasteiger partial charge in [0.25, 0.3) is 0 Å². The Kier molecular flexibility index (Phi) is 5.62. The van der Waals surface area contributed by atoms with Crippen molar-refractivity contribution in [2.45, 2.75) is 59.0 Å². The number of rotatable bonds is 6. The van der Waals surface area contributed by atoms with Crippen LogP contribution in [-0.2, 0) is 0 Å². The van der Waals surface area contributed by atoms with Crippen molar-refractivity contribution in [1.82, 2.24) is 10.2 Å². The minimum absolute atomic E-state index is 0.698. The molecular formula is C13H28N2. The van der Waals surface area contributed by atoms with Crippen molar-refractivity contribution in [1.29, 1.82) is 0 Å². The van der Waals surface area contributed by atoms with Gasteiger partial charge in [-0.1, -0.05) is 27.7 Å². The molecule has 2 heteroatoms. The fourth-order valence-electron chi connectivity index (χ4n) is 2.68. The number of hydrogen-bond donors (Lipinski definition) is 1. The summed E-state index contributed by atoms with van der Waals surface area (Å²) in [6, 6.07) is 1.49. The van der Waals surface area contributed by atoms with Gasteiger partial charge in [0.05, 0.1) is 0 Å². The summed E-state index contributed by atoms with van der Waals surface area (Å²) in [4.78, 5) is 2.61. The van der Waals surface area contributed by atoms with E-state index >= 15 is 0 Å². The SMILES string of the molecule is CC[C@H](NC[C@H]1CCCN1CC)C(C)C. The molecule has 1 aliphatic heterocycles. The van der Waals surface area contributed by atoms with E-state index in [1.165, 1.54) is 38.9 Å². The van der Waals surface area contributed by atoms with E-state index in [0.29, 0.717) is 6.04 Å². The summed E-state index contributed by atoms with van der Waals surface area (Å²) < 4.78 is 0. The third-order valence-corrected chi connectivity index (χ3v) is 3.77. The molecule has 1 saturated heterocycles. The Balaban J connectivity index is 2.28. The molecule has 2 atom stereocenters. The molecule has 1 aliphatic rings. The second kappa shape index (κ2) is 6.49. The van der Waals surface area contributed by atoms with Gasteiger partial charge in [-0.3, -0.25) is 4.90 Å². The van der Waals surface area contributed by atoms with Gasteiger partial charge >= 0.3 is 0 Å². The highest BCUT2D eigenvalue weighted by Crippen LogP contribution is 2.16. The van der Waals surface area contributed by atoms with Gasteiger partial charge in [0.1, 0.15) is 0 Å². The summed E-state index contributed by atoms with van der Waals surface area (Å²) in [7, 11) is 0. The Hall–Kier alpha value is -0.0800. The first-order chi connectivity index (χ1) is 7.19. The van der Waals surface area contributed by atoms with Crippen LogP contribution in [0, 0.1) is 5.92 Å². The molecule has 0 aliphatic carbocycles. The maximum absolute atomic E-state index is 3.73. The van der Waals surface area contributed by atoms with Crippen molar-refractivity contribution in [3.05, 3.63) is 0 Å². The van der Waals surface area contributed by atoms with Crippen LogP contribution in [0.15, 0.2) is 0 Å². The minimum atomic E-state index is 0.698. The van der Waals surface area contributed by atoms with Crippen LogP contribution in [0.3, 0.4) is 0 Å². The second-order valence-electron chi connectivity index (χ2n) is 5.09. The first kappa shape index (κ1) is 13.0. The number of likely N-dealkylation sites (N-methyl/N-ethyl adjacent to an activating group) is 1. The van der Waals surface area contributed by atoms with Crippen molar-refractivity contribution in [2.75, 3.05) is 19.6 Å². The highest BCUT2D eigenvalue weighted by molar-refractivity contribution is 4.82. The molecule has 1 rings (SSSR count). The average molecular weight is 212 g/mol. The van der Waals surface area contributed by atoms with E-state index < -0.39 is 0 Å². The molecule has 0 aromatic carbocycles. The summed E-state index contributed by atoms with van der Waals surface area (Å²) in [5.41, 5.74) is 0. The zero-order valence-corrected chi connectivity index (χ0v) is 10.9. The van der Waals surface area contributed by atoms with Gasteiger partial charge in [-0.25, -0.2) is 0 Å². The average Bonchev–Trinajstić information content (AvgIpc) is 2.65. The van der Waals surface area contributed by atoms with Gasteiger partial charge in [-0.05, 0) is 38.3 Å². The molecule has 0 aromatic heterocycles. The van der Waals surface area contributed by atoms with Crippen LogP contribution in [0.2, 0.25) is 0 Å². The fourth-order valence-corrected chi connectivity index (χ4v) is 2.68. The Bertz CT molecular complexity index is 168. The Morgan fingerprint density at radius 3 is 2.60 bits per heavy atom. The van der Waals surface area contributed by atoms with E-state index in [4.69, 9.17) is 0 Å². The summed E-state index contributed by atoms with van der Waals surface area (Å²) in [6.07, 6.45) is 4.02. The molecule has 0 amide bonds. The molecule has 0 saturated carbocycles. The third kappa shape index (κ3) is 3.76. The number of nitrogens with one attached hydrogen (secondary N) is 1. The molecule has 90 valence electrons. The van der Waals surface area contributed by atoms with E-state index in [1.807, 2.05) is 0 Å². The maximum atomic E-state index is 3.73. The van der Waals surface area contributed by atoms with Crippen molar-refractivity contribution in [3.63, 3.8) is 0 Å². The van der Waals surface area contributed by atoms with Gasteiger partial charge in [-0.15, -0.1) is 0 Å². The lowest BCUT2D eigenvalue weighted by molar-refractivity contribution is 0.244. The fraction of sp³-hybridized carbons (Fsp3) is 1.00. The molecule has 0 unspecified atom stereocenters. The van der Waals surface area contributed by atoms with E-state index in [0.717, 1.165) is 12.0 Å². The van der Waals surface area contributed by atoms with Crippen molar-refractivity contribution in [3.8, 4) is 0 Å². The smallest absolute Gasteiger partial charge is 0.0221 e. The van der Waals surface area contributed by atoms with Gasteiger partial charge < -0.3 is 5.32 Å². The van der Waals surface area contributed by atoms with Crippen molar-refractivity contribution < 1.29 is 0 Å². The number of likely N-dealkylation sites (tertiary alicyclic amines) is 1. The van der Waals surface area contributed by atoms with Crippen LogP contribution in [0.25, 0.3) is 0 Å². The van der Waals surface area contributed by atoms with Crippen LogP contribution in [0.1, 0.15) is 47.0 Å². The molecule has 1 N–H and O–H groups in total. The van der Waals surface area contributed by atoms with E-state index in [1.54, 1.807) is 0 Å². The first-order valence-corrected chi connectivity index (χ1v) is 6.66. The summed E-state index contributed by atoms with van der Waals surface area (Å²) >= 11 is 0. The molecule has 2 nitrogen and oxygen atoms in total. The first-order valence-electron chi connectivity index (χ1n) is 6.66. The van der Waals surface area contributed by atoms with Crippen molar-refractivity contribution >= 4 is 0 Å². The largest absolute Gasteiger partial charge is 0.312 e. The van der Waals surface area contributed by atoms with Gasteiger partial charge in [0.15, 0.2) is 0 Å². The zero-order chi connectivity index (χ0) is 11.3. The number of hydrogen-bond acceptors (Lipinski definition) is 2. The summed E-state index contributed by atoms with van der Waals surface area (Å²) in [5, 5.41) is 3.73. The molecule has 0 aromatic rings. The lowest BCUT2D eigenvalue weighted by Gasteiger charge is -2.27. The molecule has 0 radical (unpaired) electrons. The third-order valence-electron chi connectivity index (χ3n) is 3.77. The van der Waals surface area contributed by atoms with Gasteiger partial charge in [0, 0.05) is 18.6 Å². The molecule has 0 spiro atoms. The van der Waals surface area contributed by atoms with Crippen LogP contribution in [0.4, 0.5) is 0 Å². The monoisotopic (exact) mass is 212 g/mol. The maximum Gasteiger partial charge on any atom is 0.0221 e. The Labute approximate surface area is 95.4 Å². The lowest BCUT2D eigenvalue weighted by atomic mass is 10.0. The normalized spacial score (nSPS) is 25.0. The highest BCUT2D eigenvalue weighted by atomic mass is 15.2.